The number of aromatic nitrogens is 4. The molecule has 3 N–H and O–H groups in total. The van der Waals surface area contributed by atoms with Gasteiger partial charge in [-0.25, -0.2) is 14.8 Å². The molecule has 12 heteroatoms. The number of likely N-dealkylation sites (tertiary alicyclic amines) is 2. The highest BCUT2D eigenvalue weighted by atomic mass is 16.5. The van der Waals surface area contributed by atoms with E-state index in [0.717, 1.165) is 53.9 Å². The van der Waals surface area contributed by atoms with Gasteiger partial charge in [-0.1, -0.05) is 78.7 Å². The van der Waals surface area contributed by atoms with Crippen molar-refractivity contribution in [1.82, 2.24) is 40.0 Å². The van der Waals surface area contributed by atoms with Crippen molar-refractivity contribution in [2.24, 2.45) is 0 Å². The molecule has 0 bridgehead atoms. The molecule has 3 amide bonds. The van der Waals surface area contributed by atoms with Crippen LogP contribution in [0.2, 0.25) is 0 Å². The molecule has 0 saturated carbocycles. The van der Waals surface area contributed by atoms with Gasteiger partial charge in [0.15, 0.2) is 0 Å². The number of aromatic amines is 2. The smallest absolute Gasteiger partial charge is 0.407 e. The lowest BCUT2D eigenvalue weighted by Gasteiger charge is -2.31. The lowest BCUT2D eigenvalue weighted by molar-refractivity contribution is -0.137. The van der Waals surface area contributed by atoms with Crippen LogP contribution in [0.15, 0.2) is 97.3 Å². The Morgan fingerprint density at radius 3 is 2.00 bits per heavy atom. The van der Waals surface area contributed by atoms with E-state index in [4.69, 9.17) is 9.72 Å². The van der Waals surface area contributed by atoms with Crippen LogP contribution in [0.5, 0.6) is 0 Å². The number of ether oxygens (including phenoxy) is 1. The molecule has 276 valence electrons. The maximum atomic E-state index is 13.9. The monoisotopic (exact) mass is 724 g/mol. The van der Waals surface area contributed by atoms with Crippen molar-refractivity contribution in [3.8, 4) is 23.1 Å². The summed E-state index contributed by atoms with van der Waals surface area (Å²) in [4.78, 5) is 61.6. The van der Waals surface area contributed by atoms with Crippen molar-refractivity contribution < 1.29 is 19.1 Å². The van der Waals surface area contributed by atoms with Crippen LogP contribution >= 0.6 is 0 Å². The Bertz CT molecular complexity index is 2130. The normalized spacial score (nSPS) is 17.9. The third kappa shape index (κ3) is 7.77. The number of hydrogen-bond donors (Lipinski definition) is 3. The standard InChI is InChI=1S/C42H44N8O4/c1-48(2)37(31-14-8-5-9-15-31)41(52)50-25-11-17-35(50)39-44-27-33(46-39)29-21-18-28(19-22-29)20-23-32-26-43-38(45-32)34-16-10-24-49(34)40(51)36(47-42(53)54-3)30-12-6-4-7-13-30/h4-9,12-15,18-19,21-22,26-27,34-37H,10-11,16-17,24-25H2,1-3H3,(H,43,45)(H,44,46)(H,47,53)/t34?,35-,36+,37+/m0/s1. The zero-order valence-electron chi connectivity index (χ0n) is 30.7. The maximum absolute atomic E-state index is 13.9. The number of rotatable bonds is 9. The van der Waals surface area contributed by atoms with Gasteiger partial charge >= 0.3 is 6.09 Å². The Morgan fingerprint density at radius 1 is 0.778 bits per heavy atom. The van der Waals surface area contributed by atoms with Crippen LogP contribution in [-0.4, -0.2) is 86.8 Å². The molecule has 0 spiro atoms. The number of carbonyl (C=O) groups is 3. The molecule has 2 saturated heterocycles. The summed E-state index contributed by atoms with van der Waals surface area (Å²) in [5.41, 5.74) is 4.96. The first-order chi connectivity index (χ1) is 26.3. The largest absolute Gasteiger partial charge is 0.453 e. The van der Waals surface area contributed by atoms with Gasteiger partial charge in [0.25, 0.3) is 5.91 Å². The number of benzene rings is 3. The third-order valence-corrected chi connectivity index (χ3v) is 10.1. The summed E-state index contributed by atoms with van der Waals surface area (Å²) in [6.07, 6.45) is 6.16. The summed E-state index contributed by atoms with van der Waals surface area (Å²) < 4.78 is 4.81. The molecule has 12 nitrogen and oxygen atoms in total. The van der Waals surface area contributed by atoms with E-state index in [0.29, 0.717) is 30.2 Å². The van der Waals surface area contributed by atoms with E-state index in [-0.39, 0.29) is 29.9 Å². The molecule has 1 unspecified atom stereocenters. The lowest BCUT2D eigenvalue weighted by atomic mass is 10.0. The average molecular weight is 725 g/mol. The predicted octanol–water partition coefficient (Wildman–Crippen LogP) is 5.93. The van der Waals surface area contributed by atoms with Gasteiger partial charge in [0.2, 0.25) is 5.91 Å². The first kappa shape index (κ1) is 36.2. The zero-order chi connectivity index (χ0) is 37.6. The molecule has 2 aliphatic heterocycles. The fraction of sp³-hybridized carbons (Fsp3) is 0.310. The number of methoxy groups -OCH3 is 1. The molecule has 54 heavy (non-hydrogen) atoms. The van der Waals surface area contributed by atoms with Gasteiger partial charge in [-0.05, 0) is 74.5 Å². The summed E-state index contributed by atoms with van der Waals surface area (Å²) in [5.74, 6) is 7.68. The topological polar surface area (TPSA) is 140 Å². The predicted molar refractivity (Wildman–Crippen MR) is 204 cm³/mol. The minimum absolute atomic E-state index is 0.0812. The quantitative estimate of drug-likeness (QED) is 0.160. The second-order valence-electron chi connectivity index (χ2n) is 13.8. The molecule has 4 heterocycles. The van der Waals surface area contributed by atoms with Crippen molar-refractivity contribution in [1.29, 1.82) is 0 Å². The number of amides is 3. The maximum Gasteiger partial charge on any atom is 0.407 e. The number of likely N-dealkylation sites (N-methyl/N-ethyl adjacent to an activating group) is 1. The van der Waals surface area contributed by atoms with Crippen molar-refractivity contribution in [2.75, 3.05) is 34.3 Å². The second kappa shape index (κ2) is 16.2. The van der Waals surface area contributed by atoms with E-state index < -0.39 is 12.1 Å². The van der Waals surface area contributed by atoms with Gasteiger partial charge < -0.3 is 29.8 Å². The lowest BCUT2D eigenvalue weighted by Crippen LogP contribution is -2.42. The van der Waals surface area contributed by atoms with E-state index in [2.05, 4.69) is 32.1 Å². The SMILES string of the molecule is COC(=O)N[C@@H](C(=O)N1CCCC1c1ncc(C#Cc2ccc(-c3cnc([C@@H]4CCCN4C(=O)[C@@H](c4ccccc4)N(C)C)[nH]3)cc2)[nH]1)c1ccccc1. The van der Waals surface area contributed by atoms with Crippen molar-refractivity contribution in [3.05, 3.63) is 131 Å². The van der Waals surface area contributed by atoms with E-state index >= 15 is 0 Å². The fourth-order valence-corrected chi connectivity index (χ4v) is 7.45. The van der Waals surface area contributed by atoms with Crippen LogP contribution in [0.3, 0.4) is 0 Å². The highest BCUT2D eigenvalue weighted by molar-refractivity contribution is 5.87. The average Bonchev–Trinajstić information content (AvgIpc) is 4.04. The van der Waals surface area contributed by atoms with Crippen LogP contribution in [-0.2, 0) is 14.3 Å². The number of imidazole rings is 2. The zero-order valence-corrected chi connectivity index (χ0v) is 30.7. The molecular weight excluding hydrogens is 681 g/mol. The number of nitrogens with zero attached hydrogens (tertiary/aromatic N) is 5. The number of H-pyrrole nitrogens is 2. The molecule has 7 rings (SSSR count). The van der Waals surface area contributed by atoms with Gasteiger partial charge in [0, 0.05) is 18.7 Å². The highest BCUT2D eigenvalue weighted by Crippen LogP contribution is 2.36. The minimum atomic E-state index is -0.882. The Kier molecular flexibility index (Phi) is 10.9. The van der Waals surface area contributed by atoms with Crippen LogP contribution < -0.4 is 5.32 Å². The van der Waals surface area contributed by atoms with Gasteiger partial charge in [-0.2, -0.15) is 0 Å². The van der Waals surface area contributed by atoms with E-state index in [9.17, 15) is 14.4 Å². The Hall–Kier alpha value is -6.19. The summed E-state index contributed by atoms with van der Waals surface area (Å²) in [6.45, 7) is 1.24. The van der Waals surface area contributed by atoms with Crippen LogP contribution in [0, 0.1) is 11.8 Å². The molecule has 0 radical (unpaired) electrons. The van der Waals surface area contributed by atoms with Gasteiger partial charge in [0.1, 0.15) is 29.4 Å². The number of nitrogens with one attached hydrogen (secondary N) is 3. The highest BCUT2D eigenvalue weighted by Gasteiger charge is 2.38. The Labute approximate surface area is 315 Å². The first-order valence-electron chi connectivity index (χ1n) is 18.2. The van der Waals surface area contributed by atoms with Gasteiger partial charge in [0.05, 0.1) is 37.3 Å². The molecule has 2 aromatic heterocycles. The Morgan fingerprint density at radius 2 is 1.37 bits per heavy atom. The van der Waals surface area contributed by atoms with Crippen molar-refractivity contribution >= 4 is 17.9 Å². The third-order valence-electron chi connectivity index (χ3n) is 10.1. The number of hydrogen-bond acceptors (Lipinski definition) is 7. The van der Waals surface area contributed by atoms with E-state index in [1.807, 2.05) is 115 Å². The Balaban J connectivity index is 1.01. The van der Waals surface area contributed by atoms with Gasteiger partial charge in [-0.3, -0.25) is 14.5 Å². The first-order valence-corrected chi connectivity index (χ1v) is 18.2. The second-order valence-corrected chi connectivity index (χ2v) is 13.8. The van der Waals surface area contributed by atoms with Crippen LogP contribution in [0.25, 0.3) is 11.3 Å². The molecular formula is C42H44N8O4. The summed E-state index contributed by atoms with van der Waals surface area (Å²) in [5, 5.41) is 2.69. The van der Waals surface area contributed by atoms with Crippen LogP contribution in [0.1, 0.15) is 83.9 Å². The van der Waals surface area contributed by atoms with E-state index in [1.54, 1.807) is 11.1 Å². The fourth-order valence-electron chi connectivity index (χ4n) is 7.45. The number of carbonyl (C=O) groups excluding carboxylic acids is 3. The summed E-state index contributed by atoms with van der Waals surface area (Å²) in [7, 11) is 5.16. The van der Waals surface area contributed by atoms with Gasteiger partial charge in [-0.15, -0.1) is 0 Å². The summed E-state index contributed by atoms with van der Waals surface area (Å²) in [6, 6.07) is 25.3. The molecule has 3 aromatic carbocycles. The van der Waals surface area contributed by atoms with Crippen LogP contribution in [0.4, 0.5) is 4.79 Å². The minimum Gasteiger partial charge on any atom is -0.453 e. The molecule has 5 aromatic rings. The molecule has 4 atom stereocenters. The summed E-state index contributed by atoms with van der Waals surface area (Å²) >= 11 is 0. The molecule has 2 fully saturated rings. The molecule has 0 aliphatic carbocycles. The van der Waals surface area contributed by atoms with Crippen molar-refractivity contribution in [3.63, 3.8) is 0 Å². The molecule has 2 aliphatic rings. The van der Waals surface area contributed by atoms with Crippen molar-refractivity contribution in [2.45, 2.75) is 49.9 Å². The number of alkyl carbamates (subject to hydrolysis) is 1. The van der Waals surface area contributed by atoms with E-state index in [1.165, 1.54) is 7.11 Å².